The first-order valence-electron chi connectivity index (χ1n) is 7.50. The molecule has 3 rings (SSSR count). The van der Waals surface area contributed by atoms with E-state index in [9.17, 15) is 19.3 Å². The minimum absolute atomic E-state index is 0.0666. The number of nitro benzene ring substituents is 1. The molecule has 124 valence electrons. The van der Waals surface area contributed by atoms with Gasteiger partial charge in [-0.05, 0) is 37.1 Å². The summed E-state index contributed by atoms with van der Waals surface area (Å²) in [7, 11) is 0. The minimum Gasteiger partial charge on any atom is -0.476 e. The molecule has 6 nitrogen and oxygen atoms in total. The molecule has 1 aliphatic carbocycles. The Morgan fingerprint density at radius 3 is 2.33 bits per heavy atom. The highest BCUT2D eigenvalue weighted by Gasteiger charge is 2.29. The average molecular weight is 330 g/mol. The number of carbonyl (C=O) groups excluding carboxylic acids is 1. The number of non-ortho nitro benzene ring substituents is 1. The summed E-state index contributed by atoms with van der Waals surface area (Å²) in [5.41, 5.74) is 0.441. The van der Waals surface area contributed by atoms with E-state index < -0.39 is 16.8 Å². The number of benzene rings is 2. The Labute approximate surface area is 137 Å². The maximum absolute atomic E-state index is 13.1. The van der Waals surface area contributed by atoms with E-state index in [-0.39, 0.29) is 17.6 Å². The van der Waals surface area contributed by atoms with Crippen LogP contribution in [0.25, 0.3) is 0 Å². The normalized spacial score (nSPS) is 14.7. The van der Waals surface area contributed by atoms with Crippen molar-refractivity contribution in [2.75, 3.05) is 0 Å². The van der Waals surface area contributed by atoms with E-state index in [4.69, 9.17) is 4.74 Å². The first-order valence-corrected chi connectivity index (χ1v) is 7.50. The molecule has 0 spiro atoms. The van der Waals surface area contributed by atoms with E-state index in [0.29, 0.717) is 11.3 Å². The van der Waals surface area contributed by atoms with Gasteiger partial charge in [0.2, 0.25) is 6.10 Å². The maximum Gasteiger partial charge on any atom is 0.269 e. The molecular weight excluding hydrogens is 315 g/mol. The lowest BCUT2D eigenvalue weighted by Crippen LogP contribution is -2.33. The fraction of sp³-hybridized carbons (Fsp3) is 0.235. The van der Waals surface area contributed by atoms with E-state index in [1.165, 1.54) is 48.5 Å². The molecule has 0 radical (unpaired) electrons. The third kappa shape index (κ3) is 3.87. The molecule has 0 saturated heterocycles. The van der Waals surface area contributed by atoms with Crippen LogP contribution in [0.4, 0.5) is 10.1 Å². The van der Waals surface area contributed by atoms with Gasteiger partial charge >= 0.3 is 0 Å². The van der Waals surface area contributed by atoms with Crippen molar-refractivity contribution in [1.82, 2.24) is 5.32 Å². The number of halogens is 1. The number of carbonyl (C=O) groups is 1. The molecule has 7 heteroatoms. The second-order valence-corrected chi connectivity index (χ2v) is 5.58. The number of nitro groups is 1. The van der Waals surface area contributed by atoms with Crippen LogP contribution < -0.4 is 10.1 Å². The van der Waals surface area contributed by atoms with E-state index in [0.717, 1.165) is 12.8 Å². The van der Waals surface area contributed by atoms with Crippen LogP contribution in [0.2, 0.25) is 0 Å². The number of rotatable bonds is 6. The molecule has 24 heavy (non-hydrogen) atoms. The lowest BCUT2D eigenvalue weighted by atomic mass is 10.1. The fourth-order valence-corrected chi connectivity index (χ4v) is 2.20. The summed E-state index contributed by atoms with van der Waals surface area (Å²) in [4.78, 5) is 22.6. The first-order chi connectivity index (χ1) is 11.5. The molecule has 0 bridgehead atoms. The Balaban J connectivity index is 1.81. The van der Waals surface area contributed by atoms with Crippen LogP contribution in [0.15, 0.2) is 48.5 Å². The Kier molecular flexibility index (Phi) is 4.41. The number of ether oxygens (including phenoxy) is 1. The molecule has 1 fully saturated rings. The highest BCUT2D eigenvalue weighted by Crippen LogP contribution is 2.26. The quantitative estimate of drug-likeness (QED) is 0.652. The number of amides is 1. The van der Waals surface area contributed by atoms with Crippen LogP contribution in [0.5, 0.6) is 5.75 Å². The first kappa shape index (κ1) is 15.9. The van der Waals surface area contributed by atoms with Crippen molar-refractivity contribution in [2.45, 2.75) is 25.0 Å². The van der Waals surface area contributed by atoms with Crippen LogP contribution in [0.1, 0.15) is 24.5 Å². The zero-order valence-corrected chi connectivity index (χ0v) is 12.6. The third-order valence-corrected chi connectivity index (χ3v) is 3.64. The molecule has 1 saturated carbocycles. The summed E-state index contributed by atoms with van der Waals surface area (Å²) in [6.45, 7) is 0. The Hall–Kier alpha value is -2.96. The van der Waals surface area contributed by atoms with Gasteiger partial charge in [0.15, 0.2) is 0 Å². The smallest absolute Gasteiger partial charge is 0.269 e. The van der Waals surface area contributed by atoms with Crippen molar-refractivity contribution in [3.63, 3.8) is 0 Å². The van der Waals surface area contributed by atoms with E-state index in [1.54, 1.807) is 0 Å². The molecule has 1 amide bonds. The zero-order valence-electron chi connectivity index (χ0n) is 12.6. The van der Waals surface area contributed by atoms with Crippen molar-refractivity contribution in [2.24, 2.45) is 0 Å². The SMILES string of the molecule is O=C(NC1CC1)[C@@H](Oc1ccc([N+](=O)[O-])cc1)c1ccc(F)cc1. The number of hydrogen-bond donors (Lipinski definition) is 1. The van der Waals surface area contributed by atoms with Crippen LogP contribution in [0.3, 0.4) is 0 Å². The minimum atomic E-state index is -0.951. The van der Waals surface area contributed by atoms with Crippen molar-refractivity contribution < 1.29 is 18.8 Å². The van der Waals surface area contributed by atoms with Crippen LogP contribution in [-0.2, 0) is 4.79 Å². The predicted molar refractivity (Wildman–Crippen MR) is 84.0 cm³/mol. The molecule has 0 aliphatic heterocycles. The van der Waals surface area contributed by atoms with E-state index in [1.807, 2.05) is 0 Å². The van der Waals surface area contributed by atoms with E-state index >= 15 is 0 Å². The zero-order chi connectivity index (χ0) is 17.1. The van der Waals surface area contributed by atoms with Gasteiger partial charge < -0.3 is 10.1 Å². The highest BCUT2D eigenvalue weighted by atomic mass is 19.1. The molecule has 0 aromatic heterocycles. The number of nitrogens with zero attached hydrogens (tertiary/aromatic N) is 1. The molecule has 2 aromatic carbocycles. The van der Waals surface area contributed by atoms with E-state index in [2.05, 4.69) is 5.32 Å². The molecule has 1 aliphatic rings. The molecular formula is C17H15FN2O4. The Bertz CT molecular complexity index is 742. The van der Waals surface area contributed by atoms with Crippen LogP contribution in [-0.4, -0.2) is 16.9 Å². The van der Waals surface area contributed by atoms with Gasteiger partial charge in [-0.2, -0.15) is 0 Å². The summed E-state index contributed by atoms with van der Waals surface area (Å²) >= 11 is 0. The third-order valence-electron chi connectivity index (χ3n) is 3.64. The number of nitrogens with one attached hydrogen (secondary N) is 1. The lowest BCUT2D eigenvalue weighted by Gasteiger charge is -2.19. The molecule has 2 aromatic rings. The maximum atomic E-state index is 13.1. The summed E-state index contributed by atoms with van der Waals surface area (Å²) in [5, 5.41) is 13.5. The van der Waals surface area contributed by atoms with Crippen molar-refractivity contribution >= 4 is 11.6 Å². The highest BCUT2D eigenvalue weighted by molar-refractivity contribution is 5.83. The monoisotopic (exact) mass is 330 g/mol. The van der Waals surface area contributed by atoms with Crippen LogP contribution >= 0.6 is 0 Å². The van der Waals surface area contributed by atoms with Gasteiger partial charge in [0.1, 0.15) is 11.6 Å². The summed E-state index contributed by atoms with van der Waals surface area (Å²) in [6.07, 6.45) is 0.909. The Morgan fingerprint density at radius 1 is 1.17 bits per heavy atom. The predicted octanol–water partition coefficient (Wildman–Crippen LogP) is 3.13. The summed E-state index contributed by atoms with van der Waals surface area (Å²) < 4.78 is 18.8. The topological polar surface area (TPSA) is 81.5 Å². The van der Waals surface area contributed by atoms with Gasteiger partial charge in [0.25, 0.3) is 11.6 Å². The van der Waals surface area contributed by atoms with Gasteiger partial charge in [0, 0.05) is 23.7 Å². The largest absolute Gasteiger partial charge is 0.476 e. The molecule has 0 unspecified atom stereocenters. The van der Waals surface area contributed by atoms with Crippen molar-refractivity contribution in [1.29, 1.82) is 0 Å². The van der Waals surface area contributed by atoms with Crippen LogP contribution in [0, 0.1) is 15.9 Å². The second-order valence-electron chi connectivity index (χ2n) is 5.58. The van der Waals surface area contributed by atoms with Gasteiger partial charge in [-0.1, -0.05) is 12.1 Å². The second kappa shape index (κ2) is 6.66. The average Bonchev–Trinajstić information content (AvgIpc) is 3.38. The van der Waals surface area contributed by atoms with Crippen molar-refractivity contribution in [3.05, 3.63) is 70.0 Å². The standard InChI is InChI=1S/C17H15FN2O4/c18-12-3-1-11(2-4-12)16(17(21)19-13-5-6-13)24-15-9-7-14(8-10-15)20(22)23/h1-4,7-10,13,16H,5-6H2,(H,19,21)/t16-/m0/s1. The molecule has 1 atom stereocenters. The lowest BCUT2D eigenvalue weighted by molar-refractivity contribution is -0.384. The van der Waals surface area contributed by atoms with Gasteiger partial charge in [-0.3, -0.25) is 14.9 Å². The molecule has 1 N–H and O–H groups in total. The van der Waals surface area contributed by atoms with Gasteiger partial charge in [0.05, 0.1) is 4.92 Å². The van der Waals surface area contributed by atoms with Gasteiger partial charge in [-0.25, -0.2) is 4.39 Å². The van der Waals surface area contributed by atoms with Crippen molar-refractivity contribution in [3.8, 4) is 5.75 Å². The van der Waals surface area contributed by atoms with Gasteiger partial charge in [-0.15, -0.1) is 0 Å². The molecule has 0 heterocycles. The fourth-order valence-electron chi connectivity index (χ4n) is 2.20. The Morgan fingerprint density at radius 2 is 1.79 bits per heavy atom. The summed E-state index contributed by atoms with van der Waals surface area (Å²) in [6, 6.07) is 11.1. The summed E-state index contributed by atoms with van der Waals surface area (Å²) in [5.74, 6) is -0.404. The number of hydrogen-bond acceptors (Lipinski definition) is 4.